The molecule has 0 unspecified atom stereocenters. The lowest BCUT2D eigenvalue weighted by Gasteiger charge is -2.33. The third-order valence-electron chi connectivity index (χ3n) is 4.91. The van der Waals surface area contributed by atoms with Gasteiger partial charge in [-0.3, -0.25) is 0 Å². The van der Waals surface area contributed by atoms with Gasteiger partial charge in [0.15, 0.2) is 0 Å². The molecule has 6 nitrogen and oxygen atoms in total. The maximum atomic E-state index is 12.0. The van der Waals surface area contributed by atoms with Gasteiger partial charge in [0.2, 0.25) is 10.0 Å². The van der Waals surface area contributed by atoms with Crippen LogP contribution >= 0.6 is 0 Å². The quantitative estimate of drug-likeness (QED) is 0.886. The van der Waals surface area contributed by atoms with E-state index in [-0.39, 0.29) is 11.3 Å². The van der Waals surface area contributed by atoms with Crippen LogP contribution in [0.1, 0.15) is 56.0 Å². The Morgan fingerprint density at radius 2 is 1.78 bits per heavy atom. The van der Waals surface area contributed by atoms with E-state index in [4.69, 9.17) is 4.98 Å². The molecule has 3 fully saturated rings. The van der Waals surface area contributed by atoms with Gasteiger partial charge in [-0.1, -0.05) is 0 Å². The lowest BCUT2D eigenvalue weighted by atomic mass is 10.1. The molecule has 7 heteroatoms. The van der Waals surface area contributed by atoms with Gasteiger partial charge < -0.3 is 4.90 Å². The van der Waals surface area contributed by atoms with Crippen LogP contribution in [0.25, 0.3) is 0 Å². The Kier molecular flexibility index (Phi) is 3.80. The molecule has 1 aromatic rings. The van der Waals surface area contributed by atoms with Crippen LogP contribution < -0.4 is 9.62 Å². The second kappa shape index (κ2) is 5.70. The summed E-state index contributed by atoms with van der Waals surface area (Å²) in [5, 5.41) is -0.133. The number of rotatable bonds is 5. The Morgan fingerprint density at radius 3 is 2.39 bits per heavy atom. The zero-order chi connectivity index (χ0) is 16.0. The summed E-state index contributed by atoms with van der Waals surface area (Å²) in [5.74, 6) is 2.54. The fraction of sp³-hybridized carbons (Fsp3) is 0.750. The molecule has 1 aromatic heterocycles. The summed E-state index contributed by atoms with van der Waals surface area (Å²) in [6.07, 6.45) is 5.72. The van der Waals surface area contributed by atoms with Crippen LogP contribution in [0.4, 0.5) is 5.82 Å². The molecule has 2 heterocycles. The third-order valence-corrected chi connectivity index (χ3v) is 6.92. The molecule has 0 radical (unpaired) electrons. The van der Waals surface area contributed by atoms with Gasteiger partial charge in [-0.05, 0) is 45.4 Å². The minimum Gasteiger partial charge on any atom is -0.356 e. The van der Waals surface area contributed by atoms with Crippen molar-refractivity contribution < 1.29 is 8.42 Å². The molecule has 1 aliphatic heterocycles. The maximum Gasteiger partial charge on any atom is 0.214 e. The molecular weight excluding hydrogens is 312 g/mol. The summed E-state index contributed by atoms with van der Waals surface area (Å²) in [5.41, 5.74) is 1.02. The first kappa shape index (κ1) is 15.3. The summed E-state index contributed by atoms with van der Waals surface area (Å²) >= 11 is 0. The van der Waals surface area contributed by atoms with Crippen molar-refractivity contribution in [3.63, 3.8) is 0 Å². The van der Waals surface area contributed by atoms with Gasteiger partial charge in [0.25, 0.3) is 0 Å². The van der Waals surface area contributed by atoms with E-state index in [9.17, 15) is 8.42 Å². The van der Waals surface area contributed by atoms with Crippen molar-refractivity contribution in [2.24, 2.45) is 0 Å². The first-order chi connectivity index (χ1) is 11.0. The Bertz CT molecular complexity index is 690. The van der Waals surface area contributed by atoms with E-state index in [1.54, 1.807) is 0 Å². The Labute approximate surface area is 137 Å². The van der Waals surface area contributed by atoms with Crippen LogP contribution in [0, 0.1) is 6.92 Å². The molecule has 0 atom stereocenters. The van der Waals surface area contributed by atoms with Gasteiger partial charge in [-0.15, -0.1) is 0 Å². The number of aryl methyl sites for hydroxylation is 1. The highest BCUT2D eigenvalue weighted by molar-refractivity contribution is 7.90. The van der Waals surface area contributed by atoms with Crippen molar-refractivity contribution in [1.82, 2.24) is 14.7 Å². The second-order valence-corrected chi connectivity index (χ2v) is 9.12. The molecule has 23 heavy (non-hydrogen) atoms. The van der Waals surface area contributed by atoms with E-state index in [1.807, 2.05) is 13.0 Å². The minimum absolute atomic E-state index is 0.0719. The number of anilines is 1. The molecule has 1 saturated heterocycles. The van der Waals surface area contributed by atoms with Crippen molar-refractivity contribution >= 4 is 15.8 Å². The fourth-order valence-corrected chi connectivity index (χ4v) is 4.84. The van der Waals surface area contributed by atoms with Crippen molar-refractivity contribution in [3.05, 3.63) is 17.6 Å². The zero-order valence-electron chi connectivity index (χ0n) is 13.5. The van der Waals surface area contributed by atoms with E-state index in [0.717, 1.165) is 56.1 Å². The molecule has 3 aliphatic rings. The van der Waals surface area contributed by atoms with Crippen LogP contribution in [-0.2, 0) is 10.0 Å². The van der Waals surface area contributed by atoms with Crippen molar-refractivity contribution in [1.29, 1.82) is 0 Å². The molecule has 4 rings (SSSR count). The Balaban J connectivity index is 1.39. The number of sulfonamides is 1. The lowest BCUT2D eigenvalue weighted by Crippen LogP contribution is -2.45. The third kappa shape index (κ3) is 3.50. The standard InChI is InChI=1S/C16H24N4O2S/c1-11-10-15(18-16(17-11)12-2-3-12)20-8-6-13(7-9-20)19-23(21,22)14-4-5-14/h10,12-14,19H,2-9H2,1H3. The molecule has 0 amide bonds. The van der Waals surface area contributed by atoms with Crippen molar-refractivity contribution in [2.75, 3.05) is 18.0 Å². The van der Waals surface area contributed by atoms with E-state index < -0.39 is 10.0 Å². The van der Waals surface area contributed by atoms with E-state index in [2.05, 4.69) is 14.6 Å². The van der Waals surface area contributed by atoms with Crippen molar-refractivity contribution in [2.45, 2.75) is 62.7 Å². The SMILES string of the molecule is Cc1cc(N2CCC(NS(=O)(=O)C3CC3)CC2)nc(C2CC2)n1. The number of nitrogens with one attached hydrogen (secondary N) is 1. The normalized spacial score (nSPS) is 23.3. The molecule has 2 aliphatic carbocycles. The first-order valence-corrected chi connectivity index (χ1v) is 10.2. The summed E-state index contributed by atoms with van der Waals surface area (Å²) in [6.45, 7) is 3.71. The molecule has 0 aromatic carbocycles. The van der Waals surface area contributed by atoms with Gasteiger partial charge in [0.1, 0.15) is 11.6 Å². The van der Waals surface area contributed by atoms with Crippen LogP contribution in [0.3, 0.4) is 0 Å². The number of hydrogen-bond acceptors (Lipinski definition) is 5. The predicted octanol–water partition coefficient (Wildman–Crippen LogP) is 1.71. The number of hydrogen-bond donors (Lipinski definition) is 1. The largest absolute Gasteiger partial charge is 0.356 e. The maximum absolute atomic E-state index is 12.0. The molecule has 126 valence electrons. The van der Waals surface area contributed by atoms with Crippen molar-refractivity contribution in [3.8, 4) is 0 Å². The monoisotopic (exact) mass is 336 g/mol. The highest BCUT2D eigenvalue weighted by Crippen LogP contribution is 2.38. The number of nitrogens with zero attached hydrogens (tertiary/aromatic N) is 3. The highest BCUT2D eigenvalue weighted by atomic mass is 32.2. The molecular formula is C16H24N4O2S. The second-order valence-electron chi connectivity index (χ2n) is 7.12. The molecule has 0 spiro atoms. The zero-order valence-corrected chi connectivity index (χ0v) is 14.3. The lowest BCUT2D eigenvalue weighted by molar-refractivity contribution is 0.457. The topological polar surface area (TPSA) is 75.2 Å². The Morgan fingerprint density at radius 1 is 1.09 bits per heavy atom. The summed E-state index contributed by atoms with van der Waals surface area (Å²) < 4.78 is 27.0. The highest BCUT2D eigenvalue weighted by Gasteiger charge is 2.37. The summed E-state index contributed by atoms with van der Waals surface area (Å²) in [6, 6.07) is 2.11. The summed E-state index contributed by atoms with van der Waals surface area (Å²) in [4.78, 5) is 11.6. The average molecular weight is 336 g/mol. The minimum atomic E-state index is -3.08. The fourth-order valence-electron chi connectivity index (χ4n) is 3.19. The van der Waals surface area contributed by atoms with E-state index in [0.29, 0.717) is 5.92 Å². The van der Waals surface area contributed by atoms with Crippen LogP contribution in [-0.4, -0.2) is 42.8 Å². The van der Waals surface area contributed by atoms with E-state index in [1.165, 1.54) is 12.8 Å². The molecule has 1 N–H and O–H groups in total. The first-order valence-electron chi connectivity index (χ1n) is 8.63. The average Bonchev–Trinajstić information content (AvgIpc) is 3.40. The number of aromatic nitrogens is 2. The van der Waals surface area contributed by atoms with Gasteiger partial charge >= 0.3 is 0 Å². The van der Waals surface area contributed by atoms with E-state index >= 15 is 0 Å². The van der Waals surface area contributed by atoms with Gasteiger partial charge in [0.05, 0.1) is 5.25 Å². The molecule has 2 saturated carbocycles. The van der Waals surface area contributed by atoms with Crippen LogP contribution in [0.2, 0.25) is 0 Å². The van der Waals surface area contributed by atoms with Crippen LogP contribution in [0.15, 0.2) is 6.07 Å². The summed E-state index contributed by atoms with van der Waals surface area (Å²) in [7, 11) is -3.08. The number of piperidine rings is 1. The predicted molar refractivity (Wildman–Crippen MR) is 89.1 cm³/mol. The van der Waals surface area contributed by atoms with Gasteiger partial charge in [-0.25, -0.2) is 23.1 Å². The van der Waals surface area contributed by atoms with Crippen LogP contribution in [0.5, 0.6) is 0 Å². The Hall–Kier alpha value is -1.21. The van der Waals surface area contributed by atoms with Gasteiger partial charge in [-0.2, -0.15) is 0 Å². The molecule has 0 bridgehead atoms. The van der Waals surface area contributed by atoms with Gasteiger partial charge in [0, 0.05) is 36.8 Å². The smallest absolute Gasteiger partial charge is 0.214 e.